The van der Waals surface area contributed by atoms with E-state index >= 15 is 0 Å². The van der Waals surface area contributed by atoms with Gasteiger partial charge in [0.05, 0.1) is 0 Å². The summed E-state index contributed by atoms with van der Waals surface area (Å²) in [6, 6.07) is 9.31. The molecule has 4 heteroatoms. The van der Waals surface area contributed by atoms with Crippen molar-refractivity contribution < 1.29 is 13.6 Å². The van der Waals surface area contributed by atoms with E-state index in [1.165, 1.54) is 7.11 Å². The molecular weight excluding hydrogens is 208 g/mol. The van der Waals surface area contributed by atoms with E-state index in [-0.39, 0.29) is 0 Å². The normalized spacial score (nSPS) is 14.9. The van der Waals surface area contributed by atoms with Crippen LogP contribution in [-0.2, 0) is 8.85 Å². The molecule has 1 unspecified atom stereocenters. The Bertz CT molecular complexity index is 278. The molecule has 0 aliphatic carbocycles. The molecule has 0 aliphatic rings. The van der Waals surface area contributed by atoms with Crippen LogP contribution in [0, 0.1) is 0 Å². The summed E-state index contributed by atoms with van der Waals surface area (Å²) in [4.78, 5) is 10.2. The highest BCUT2D eigenvalue weighted by Gasteiger charge is 2.38. The van der Waals surface area contributed by atoms with Crippen LogP contribution in [0.15, 0.2) is 30.3 Å². The fourth-order valence-corrected chi connectivity index (χ4v) is 2.82. The second-order valence-corrected chi connectivity index (χ2v) is 5.79. The quantitative estimate of drug-likeness (QED) is 0.587. The second kappa shape index (κ2) is 6.02. The van der Waals surface area contributed by atoms with Crippen molar-refractivity contribution in [3.63, 3.8) is 0 Å². The van der Waals surface area contributed by atoms with Crippen LogP contribution in [0.4, 0.5) is 0 Å². The average Bonchev–Trinajstić information content (AvgIpc) is 2.30. The molecule has 0 aromatic heterocycles. The largest absolute Gasteiger partial charge is 0.534 e. The number of rotatable bonds is 6. The lowest BCUT2D eigenvalue weighted by molar-refractivity contribution is 0.135. The smallest absolute Gasteiger partial charge is 0.386 e. The first-order valence-electron chi connectivity index (χ1n) is 5.20. The van der Waals surface area contributed by atoms with Gasteiger partial charge in [-0.2, -0.15) is 0 Å². The highest BCUT2D eigenvalue weighted by atomic mass is 28.4. The molecule has 3 nitrogen and oxygen atoms in total. The molecule has 0 amide bonds. The van der Waals surface area contributed by atoms with Gasteiger partial charge in [0.15, 0.2) is 0 Å². The summed E-state index contributed by atoms with van der Waals surface area (Å²) in [6.45, 7) is 2.63. The van der Waals surface area contributed by atoms with E-state index in [2.05, 4.69) is 6.92 Å². The van der Waals surface area contributed by atoms with Crippen molar-refractivity contribution in [3.8, 4) is 0 Å². The molecule has 1 aromatic carbocycles. The van der Waals surface area contributed by atoms with Gasteiger partial charge in [-0.15, -0.1) is 0 Å². The van der Waals surface area contributed by atoms with Gasteiger partial charge in [0.2, 0.25) is 0 Å². The van der Waals surface area contributed by atoms with Crippen LogP contribution in [0.3, 0.4) is 0 Å². The standard InChI is InChI=1S/C11H18O3Si/c1-3-4-10-14-15(12,13-2)11-8-6-5-7-9-11/h5-9,12H,3-4,10H2,1-2H3. The summed E-state index contributed by atoms with van der Waals surface area (Å²) in [5.41, 5.74) is 0. The van der Waals surface area contributed by atoms with Crippen molar-refractivity contribution >= 4 is 14.0 Å². The minimum absolute atomic E-state index is 0.544. The molecule has 1 rings (SSSR count). The maximum atomic E-state index is 10.2. The Morgan fingerprint density at radius 2 is 1.93 bits per heavy atom. The molecular formula is C11H18O3Si. The number of hydrogen-bond acceptors (Lipinski definition) is 3. The lowest BCUT2D eigenvalue weighted by atomic mass is 10.4. The third-order valence-corrected chi connectivity index (χ3v) is 4.42. The SMILES string of the molecule is CCCCO[Si](O)(OC)c1ccccc1. The van der Waals surface area contributed by atoms with Crippen molar-refractivity contribution in [2.24, 2.45) is 0 Å². The van der Waals surface area contributed by atoms with Gasteiger partial charge < -0.3 is 13.6 Å². The van der Waals surface area contributed by atoms with Crippen molar-refractivity contribution in [1.82, 2.24) is 0 Å². The Balaban J connectivity index is 2.67. The van der Waals surface area contributed by atoms with Crippen molar-refractivity contribution in [1.29, 1.82) is 0 Å². The van der Waals surface area contributed by atoms with Crippen LogP contribution in [0.5, 0.6) is 0 Å². The van der Waals surface area contributed by atoms with Crippen LogP contribution >= 0.6 is 0 Å². The van der Waals surface area contributed by atoms with E-state index < -0.39 is 8.80 Å². The minimum atomic E-state index is -3.14. The topological polar surface area (TPSA) is 38.7 Å². The zero-order valence-electron chi connectivity index (χ0n) is 9.27. The Kier molecular flexibility index (Phi) is 4.97. The first-order valence-corrected chi connectivity index (χ1v) is 6.96. The van der Waals surface area contributed by atoms with Gasteiger partial charge in [-0.25, -0.2) is 0 Å². The predicted molar refractivity (Wildman–Crippen MR) is 61.9 cm³/mol. The van der Waals surface area contributed by atoms with Crippen LogP contribution in [-0.4, -0.2) is 27.3 Å². The van der Waals surface area contributed by atoms with Gasteiger partial charge in [0, 0.05) is 18.9 Å². The molecule has 0 saturated carbocycles. The molecule has 15 heavy (non-hydrogen) atoms. The van der Waals surface area contributed by atoms with Gasteiger partial charge >= 0.3 is 8.80 Å². The number of benzene rings is 1. The first-order chi connectivity index (χ1) is 7.23. The molecule has 84 valence electrons. The second-order valence-electron chi connectivity index (χ2n) is 3.35. The Morgan fingerprint density at radius 1 is 1.27 bits per heavy atom. The third kappa shape index (κ3) is 3.42. The Hall–Kier alpha value is -0.683. The molecule has 1 atom stereocenters. The van der Waals surface area contributed by atoms with Crippen molar-refractivity contribution in [2.75, 3.05) is 13.7 Å². The Morgan fingerprint density at radius 3 is 2.47 bits per heavy atom. The van der Waals surface area contributed by atoms with Crippen molar-refractivity contribution in [2.45, 2.75) is 19.8 Å². The maximum absolute atomic E-state index is 10.2. The monoisotopic (exact) mass is 226 g/mol. The molecule has 0 fully saturated rings. The van der Waals surface area contributed by atoms with Gasteiger partial charge in [-0.3, -0.25) is 0 Å². The first kappa shape index (κ1) is 12.4. The molecule has 0 spiro atoms. The molecule has 1 N–H and O–H groups in total. The zero-order chi connectivity index (χ0) is 11.1. The zero-order valence-corrected chi connectivity index (χ0v) is 10.3. The lowest BCUT2D eigenvalue weighted by Gasteiger charge is -2.22. The summed E-state index contributed by atoms with van der Waals surface area (Å²) in [6.07, 6.45) is 1.98. The summed E-state index contributed by atoms with van der Waals surface area (Å²) in [5, 5.41) is 0.753. The highest BCUT2D eigenvalue weighted by Crippen LogP contribution is 2.04. The number of hydrogen-bond donors (Lipinski definition) is 1. The minimum Gasteiger partial charge on any atom is -0.386 e. The van der Waals surface area contributed by atoms with E-state index in [4.69, 9.17) is 8.85 Å². The molecule has 0 aliphatic heterocycles. The van der Waals surface area contributed by atoms with E-state index in [1.807, 2.05) is 30.3 Å². The van der Waals surface area contributed by atoms with Crippen LogP contribution in [0.25, 0.3) is 0 Å². The molecule has 0 radical (unpaired) electrons. The maximum Gasteiger partial charge on any atom is 0.534 e. The number of unbranched alkanes of at least 4 members (excludes halogenated alkanes) is 1. The van der Waals surface area contributed by atoms with Gasteiger partial charge in [-0.1, -0.05) is 43.7 Å². The van der Waals surface area contributed by atoms with Gasteiger partial charge in [0.1, 0.15) is 0 Å². The van der Waals surface area contributed by atoms with E-state index in [0.717, 1.165) is 18.0 Å². The van der Waals surface area contributed by atoms with Crippen LogP contribution < -0.4 is 5.19 Å². The lowest BCUT2D eigenvalue weighted by Crippen LogP contribution is -2.53. The molecule has 1 aromatic rings. The fourth-order valence-electron chi connectivity index (χ4n) is 1.26. The summed E-state index contributed by atoms with van der Waals surface area (Å²) in [5.74, 6) is 0. The van der Waals surface area contributed by atoms with E-state index in [9.17, 15) is 4.80 Å². The Labute approximate surface area is 92.0 Å². The third-order valence-electron chi connectivity index (χ3n) is 2.21. The molecule has 0 heterocycles. The van der Waals surface area contributed by atoms with E-state index in [1.54, 1.807) is 0 Å². The summed E-state index contributed by atoms with van der Waals surface area (Å²) >= 11 is 0. The summed E-state index contributed by atoms with van der Waals surface area (Å²) in [7, 11) is -1.65. The van der Waals surface area contributed by atoms with Gasteiger partial charge in [0.25, 0.3) is 0 Å². The molecule has 0 saturated heterocycles. The van der Waals surface area contributed by atoms with E-state index in [0.29, 0.717) is 6.61 Å². The highest BCUT2D eigenvalue weighted by molar-refractivity contribution is 6.74. The summed E-state index contributed by atoms with van der Waals surface area (Å²) < 4.78 is 10.6. The predicted octanol–water partition coefficient (Wildman–Crippen LogP) is 1.29. The van der Waals surface area contributed by atoms with Crippen LogP contribution in [0.2, 0.25) is 0 Å². The van der Waals surface area contributed by atoms with Crippen molar-refractivity contribution in [3.05, 3.63) is 30.3 Å². The van der Waals surface area contributed by atoms with Gasteiger partial charge in [-0.05, 0) is 6.42 Å². The molecule has 0 bridgehead atoms. The van der Waals surface area contributed by atoms with Crippen LogP contribution in [0.1, 0.15) is 19.8 Å². The average molecular weight is 226 g/mol. The fraction of sp³-hybridized carbons (Fsp3) is 0.455.